The normalized spacial score (nSPS) is 13.9. The second-order valence-corrected chi connectivity index (χ2v) is 7.24. The van der Waals surface area contributed by atoms with Crippen molar-refractivity contribution in [3.63, 3.8) is 0 Å². The molecule has 3 rings (SSSR count). The van der Waals surface area contributed by atoms with Crippen molar-refractivity contribution < 1.29 is 4.79 Å². The quantitative estimate of drug-likeness (QED) is 0.708. The van der Waals surface area contributed by atoms with Crippen molar-refractivity contribution in [3.05, 3.63) is 51.5 Å². The lowest BCUT2D eigenvalue weighted by molar-refractivity contribution is 0.0946. The largest absolute Gasteiger partial charge is 0.346 e. The van der Waals surface area contributed by atoms with Crippen molar-refractivity contribution in [2.75, 3.05) is 19.6 Å². The summed E-state index contributed by atoms with van der Waals surface area (Å²) in [6.45, 7) is 6.22. The SMILES string of the molecule is CC(C)c1nc(C(=O)NCC2=CCNCC2)nn1-c1c(Cl)cccc1Cl.Cl. The Morgan fingerprint density at radius 2 is 2.04 bits per heavy atom. The number of halogens is 3. The Morgan fingerprint density at radius 1 is 1.33 bits per heavy atom. The van der Waals surface area contributed by atoms with Gasteiger partial charge in [0.1, 0.15) is 11.5 Å². The zero-order valence-corrected chi connectivity index (χ0v) is 17.5. The van der Waals surface area contributed by atoms with E-state index >= 15 is 0 Å². The molecule has 0 radical (unpaired) electrons. The molecule has 0 saturated carbocycles. The Kier molecular flexibility index (Phi) is 7.68. The number of para-hydroxylation sites is 1. The second kappa shape index (κ2) is 9.55. The predicted molar refractivity (Wildman–Crippen MR) is 111 cm³/mol. The Hall–Kier alpha value is -1.60. The molecule has 0 aliphatic carbocycles. The van der Waals surface area contributed by atoms with Gasteiger partial charge in [0, 0.05) is 19.0 Å². The standard InChI is InChI=1S/C18H21Cl2N5O.ClH/c1-11(2)17-23-16(18(26)22-10-12-6-8-21-9-7-12)24-25(17)15-13(19)4-3-5-14(15)20;/h3-6,11,21H,7-10H2,1-2H3,(H,22,26);1H. The van der Waals surface area contributed by atoms with Crippen molar-refractivity contribution in [2.24, 2.45) is 0 Å². The van der Waals surface area contributed by atoms with Gasteiger partial charge >= 0.3 is 0 Å². The lowest BCUT2D eigenvalue weighted by Crippen LogP contribution is -2.30. The number of carbonyl (C=O) groups excluding carboxylic acids is 1. The molecule has 1 aliphatic heterocycles. The average molecular weight is 431 g/mol. The summed E-state index contributed by atoms with van der Waals surface area (Å²) in [5.41, 5.74) is 1.74. The first-order valence-electron chi connectivity index (χ1n) is 8.55. The zero-order valence-electron chi connectivity index (χ0n) is 15.1. The van der Waals surface area contributed by atoms with Crippen LogP contribution in [0.25, 0.3) is 5.69 Å². The minimum atomic E-state index is -0.312. The van der Waals surface area contributed by atoms with Gasteiger partial charge in [-0.2, -0.15) is 0 Å². The number of hydrogen-bond donors (Lipinski definition) is 2. The van der Waals surface area contributed by atoms with Crippen LogP contribution in [0.2, 0.25) is 10.0 Å². The first kappa shape index (κ1) is 21.7. The second-order valence-electron chi connectivity index (χ2n) is 6.43. The molecule has 0 unspecified atom stereocenters. The maximum absolute atomic E-state index is 12.5. The van der Waals surface area contributed by atoms with E-state index in [0.29, 0.717) is 28.1 Å². The summed E-state index contributed by atoms with van der Waals surface area (Å²) in [4.78, 5) is 16.9. The number of nitrogens with one attached hydrogen (secondary N) is 2. The van der Waals surface area contributed by atoms with Crippen LogP contribution in [0.3, 0.4) is 0 Å². The molecule has 1 aromatic heterocycles. The van der Waals surface area contributed by atoms with Crippen LogP contribution in [0.5, 0.6) is 0 Å². The fourth-order valence-electron chi connectivity index (χ4n) is 2.75. The highest BCUT2D eigenvalue weighted by molar-refractivity contribution is 6.37. The van der Waals surface area contributed by atoms with E-state index in [1.54, 1.807) is 22.9 Å². The molecule has 1 aliphatic rings. The maximum atomic E-state index is 12.5. The Bertz CT molecular complexity index is 827. The highest BCUT2D eigenvalue weighted by Gasteiger charge is 2.22. The molecule has 27 heavy (non-hydrogen) atoms. The van der Waals surface area contributed by atoms with Crippen LogP contribution in [0.15, 0.2) is 29.8 Å². The lowest BCUT2D eigenvalue weighted by atomic mass is 10.1. The minimum Gasteiger partial charge on any atom is -0.346 e. The summed E-state index contributed by atoms with van der Waals surface area (Å²) in [7, 11) is 0. The minimum absolute atomic E-state index is 0. The predicted octanol–water partition coefficient (Wildman–Crippen LogP) is 3.77. The van der Waals surface area contributed by atoms with Gasteiger partial charge in [-0.3, -0.25) is 4.79 Å². The first-order chi connectivity index (χ1) is 12.5. The molecule has 9 heteroatoms. The Labute approximate surface area is 174 Å². The molecular formula is C18H22Cl3N5O. The van der Waals surface area contributed by atoms with E-state index < -0.39 is 0 Å². The Balaban J connectivity index is 0.00000261. The number of amides is 1. The van der Waals surface area contributed by atoms with Gasteiger partial charge in [0.05, 0.1) is 10.0 Å². The molecule has 2 N–H and O–H groups in total. The van der Waals surface area contributed by atoms with Crippen LogP contribution >= 0.6 is 35.6 Å². The van der Waals surface area contributed by atoms with Crippen molar-refractivity contribution in [1.82, 2.24) is 25.4 Å². The van der Waals surface area contributed by atoms with Crippen molar-refractivity contribution in [3.8, 4) is 5.69 Å². The molecule has 0 fully saturated rings. The molecule has 0 atom stereocenters. The third-order valence-electron chi connectivity index (χ3n) is 4.13. The van der Waals surface area contributed by atoms with E-state index in [-0.39, 0.29) is 30.1 Å². The lowest BCUT2D eigenvalue weighted by Gasteiger charge is -2.13. The summed E-state index contributed by atoms with van der Waals surface area (Å²) in [5.74, 6) is 0.474. The molecular weight excluding hydrogens is 409 g/mol. The fraction of sp³-hybridized carbons (Fsp3) is 0.389. The van der Waals surface area contributed by atoms with E-state index in [9.17, 15) is 4.79 Å². The number of benzene rings is 1. The molecule has 2 aromatic rings. The summed E-state index contributed by atoms with van der Waals surface area (Å²) in [6, 6.07) is 5.23. The monoisotopic (exact) mass is 429 g/mol. The van der Waals surface area contributed by atoms with Crippen molar-refractivity contribution >= 4 is 41.5 Å². The van der Waals surface area contributed by atoms with Gasteiger partial charge in [-0.25, -0.2) is 9.67 Å². The van der Waals surface area contributed by atoms with Crippen LogP contribution < -0.4 is 10.6 Å². The highest BCUT2D eigenvalue weighted by Crippen LogP contribution is 2.30. The van der Waals surface area contributed by atoms with Crippen LogP contribution in [-0.2, 0) is 0 Å². The maximum Gasteiger partial charge on any atom is 0.291 e. The fourth-order valence-corrected chi connectivity index (χ4v) is 3.31. The van der Waals surface area contributed by atoms with Crippen LogP contribution in [0.1, 0.15) is 42.6 Å². The van der Waals surface area contributed by atoms with E-state index in [0.717, 1.165) is 19.5 Å². The van der Waals surface area contributed by atoms with Crippen LogP contribution in [0.4, 0.5) is 0 Å². The molecule has 6 nitrogen and oxygen atoms in total. The highest BCUT2D eigenvalue weighted by atomic mass is 35.5. The van der Waals surface area contributed by atoms with Crippen molar-refractivity contribution in [2.45, 2.75) is 26.2 Å². The average Bonchev–Trinajstić information content (AvgIpc) is 3.06. The smallest absolute Gasteiger partial charge is 0.291 e. The summed E-state index contributed by atoms with van der Waals surface area (Å²) >= 11 is 12.6. The molecule has 2 heterocycles. The van der Waals surface area contributed by atoms with E-state index in [1.165, 1.54) is 5.57 Å². The summed E-state index contributed by atoms with van der Waals surface area (Å²) in [6.07, 6.45) is 3.02. The summed E-state index contributed by atoms with van der Waals surface area (Å²) in [5, 5.41) is 11.4. The zero-order chi connectivity index (χ0) is 18.7. The molecule has 1 aromatic carbocycles. The van der Waals surface area contributed by atoms with E-state index in [1.807, 2.05) is 13.8 Å². The third-order valence-corrected chi connectivity index (χ3v) is 4.74. The Morgan fingerprint density at radius 3 is 2.63 bits per heavy atom. The van der Waals surface area contributed by atoms with Gasteiger partial charge in [-0.1, -0.05) is 54.8 Å². The molecule has 0 spiro atoms. The number of carbonyl (C=O) groups is 1. The first-order valence-corrected chi connectivity index (χ1v) is 9.31. The molecule has 146 valence electrons. The topological polar surface area (TPSA) is 71.8 Å². The van der Waals surface area contributed by atoms with Gasteiger partial charge in [-0.05, 0) is 25.1 Å². The van der Waals surface area contributed by atoms with Gasteiger partial charge in [-0.15, -0.1) is 17.5 Å². The van der Waals surface area contributed by atoms with Gasteiger partial charge in [0.25, 0.3) is 5.91 Å². The number of aromatic nitrogens is 3. The van der Waals surface area contributed by atoms with E-state index in [4.69, 9.17) is 23.2 Å². The van der Waals surface area contributed by atoms with Gasteiger partial charge in [0.15, 0.2) is 0 Å². The van der Waals surface area contributed by atoms with Gasteiger partial charge < -0.3 is 10.6 Å². The van der Waals surface area contributed by atoms with E-state index in [2.05, 4.69) is 26.8 Å². The molecule has 1 amide bonds. The van der Waals surface area contributed by atoms with Gasteiger partial charge in [0.2, 0.25) is 5.82 Å². The van der Waals surface area contributed by atoms with Crippen molar-refractivity contribution in [1.29, 1.82) is 0 Å². The molecule has 0 saturated heterocycles. The van der Waals surface area contributed by atoms with Crippen LogP contribution in [0, 0.1) is 0 Å². The number of rotatable bonds is 5. The molecule has 0 bridgehead atoms. The third kappa shape index (κ3) is 5.02. The number of hydrogen-bond acceptors (Lipinski definition) is 4. The number of nitrogens with zero attached hydrogens (tertiary/aromatic N) is 3. The summed E-state index contributed by atoms with van der Waals surface area (Å²) < 4.78 is 1.56. The van der Waals surface area contributed by atoms with Crippen LogP contribution in [-0.4, -0.2) is 40.3 Å².